The number of carbonyl (C=O) groups is 3. The third-order valence-electron chi connectivity index (χ3n) is 8.08. The second-order valence-corrected chi connectivity index (χ2v) is 12.8. The van der Waals surface area contributed by atoms with Crippen LogP contribution >= 0.6 is 0 Å². The minimum Gasteiger partial charge on any atom is -0.489 e. The van der Waals surface area contributed by atoms with Gasteiger partial charge in [0, 0.05) is 53.4 Å². The number of nitro groups is 1. The van der Waals surface area contributed by atoms with Gasteiger partial charge in [0.05, 0.1) is 4.92 Å². The van der Waals surface area contributed by atoms with Gasteiger partial charge in [-0.15, -0.1) is 0 Å². The Morgan fingerprint density at radius 3 is 1.88 bits per heavy atom. The largest absolute Gasteiger partial charge is 0.489 e. The van der Waals surface area contributed by atoms with Gasteiger partial charge in [-0.3, -0.25) is 24.5 Å². The highest BCUT2D eigenvalue weighted by Crippen LogP contribution is 2.54. The number of carboxylic acids is 1. The van der Waals surface area contributed by atoms with E-state index in [1.807, 2.05) is 39.8 Å². The second-order valence-electron chi connectivity index (χ2n) is 12.8. The van der Waals surface area contributed by atoms with E-state index in [0.717, 1.165) is 11.1 Å². The van der Waals surface area contributed by atoms with Gasteiger partial charge in [-0.1, -0.05) is 39.8 Å². The number of carbonyl (C=O) groups excluding carboxylic acids is 2. The molecule has 3 aliphatic rings. The van der Waals surface area contributed by atoms with Gasteiger partial charge in [-0.2, -0.15) is 0 Å². The van der Waals surface area contributed by atoms with Crippen molar-refractivity contribution in [3.8, 4) is 5.75 Å². The third kappa shape index (κ3) is 5.66. The molecule has 0 fully saturated rings. The summed E-state index contributed by atoms with van der Waals surface area (Å²) in [6.07, 6.45) is 1.73. The first-order valence-corrected chi connectivity index (χ1v) is 13.7. The topological polar surface area (TPSA) is 127 Å². The molecule has 0 unspecified atom stereocenters. The van der Waals surface area contributed by atoms with Crippen LogP contribution in [0.25, 0.3) is 0 Å². The summed E-state index contributed by atoms with van der Waals surface area (Å²) in [5.41, 5.74) is 3.37. The van der Waals surface area contributed by atoms with Crippen LogP contribution in [0, 0.1) is 20.9 Å². The summed E-state index contributed by atoms with van der Waals surface area (Å²) in [6.45, 7) is 7.97. The number of hydrogen-bond donors (Lipinski definition) is 1. The number of benzene rings is 2. The molecule has 0 amide bonds. The summed E-state index contributed by atoms with van der Waals surface area (Å²) in [7, 11) is 0. The van der Waals surface area contributed by atoms with Crippen LogP contribution in [0.4, 0.5) is 5.69 Å². The smallest absolute Gasteiger partial charge is 0.323 e. The molecule has 1 aliphatic heterocycles. The molecule has 1 heterocycles. The molecular formula is C32H34N2O7. The SMILES string of the molecule is CC1(C)CC(=O)C2=C(C1)N(CC(=O)O)C1=C(C(=O)CC(C)(C)C1)C2c1ccc(OCc2ccc([N+](=O)[O-])cc2)cc1. The van der Waals surface area contributed by atoms with E-state index >= 15 is 0 Å². The predicted octanol–water partition coefficient (Wildman–Crippen LogP) is 5.94. The Balaban J connectivity index is 1.52. The fraction of sp³-hybridized carbons (Fsp3) is 0.406. The van der Waals surface area contributed by atoms with E-state index in [4.69, 9.17) is 4.74 Å². The monoisotopic (exact) mass is 558 g/mol. The molecule has 0 saturated carbocycles. The van der Waals surface area contributed by atoms with Crippen molar-refractivity contribution in [2.45, 2.75) is 65.9 Å². The Morgan fingerprint density at radius 1 is 0.902 bits per heavy atom. The van der Waals surface area contributed by atoms with Crippen molar-refractivity contribution in [2.24, 2.45) is 10.8 Å². The fourth-order valence-corrected chi connectivity index (χ4v) is 6.34. The lowest BCUT2D eigenvalue weighted by molar-refractivity contribution is -0.384. The Morgan fingerprint density at radius 2 is 1.41 bits per heavy atom. The van der Waals surface area contributed by atoms with E-state index in [-0.39, 0.29) is 41.2 Å². The Bertz CT molecular complexity index is 1440. The van der Waals surface area contributed by atoms with Crippen molar-refractivity contribution in [1.82, 2.24) is 4.90 Å². The van der Waals surface area contributed by atoms with Gasteiger partial charge in [0.1, 0.15) is 18.9 Å². The molecule has 2 aromatic rings. The van der Waals surface area contributed by atoms with E-state index in [2.05, 4.69) is 0 Å². The van der Waals surface area contributed by atoms with Crippen molar-refractivity contribution in [3.63, 3.8) is 0 Å². The summed E-state index contributed by atoms with van der Waals surface area (Å²) < 4.78 is 5.90. The lowest BCUT2D eigenvalue weighted by Gasteiger charge is -2.48. The number of Topliss-reactive ketones (excluding diaryl/α,β-unsaturated/α-hetero) is 2. The summed E-state index contributed by atoms with van der Waals surface area (Å²) in [5.74, 6) is -1.12. The van der Waals surface area contributed by atoms with Crippen LogP contribution in [-0.2, 0) is 21.0 Å². The summed E-state index contributed by atoms with van der Waals surface area (Å²) in [5, 5.41) is 20.7. The van der Waals surface area contributed by atoms with Gasteiger partial charge >= 0.3 is 5.97 Å². The molecule has 214 valence electrons. The molecule has 0 radical (unpaired) electrons. The van der Waals surface area contributed by atoms with Crippen molar-refractivity contribution in [1.29, 1.82) is 0 Å². The Kier molecular flexibility index (Phi) is 7.09. The highest BCUT2D eigenvalue weighted by Gasteiger charge is 2.49. The van der Waals surface area contributed by atoms with E-state index < -0.39 is 16.8 Å². The minimum absolute atomic E-state index is 0.0103. The van der Waals surface area contributed by atoms with E-state index in [0.29, 0.717) is 54.0 Å². The summed E-state index contributed by atoms with van der Waals surface area (Å²) in [4.78, 5) is 51.6. The molecule has 0 spiro atoms. The number of carboxylic acid groups (broad SMARTS) is 1. The molecule has 2 aliphatic carbocycles. The third-order valence-corrected chi connectivity index (χ3v) is 8.08. The number of ketones is 2. The zero-order valence-electron chi connectivity index (χ0n) is 23.7. The number of ether oxygens (including phenoxy) is 1. The van der Waals surface area contributed by atoms with Crippen molar-refractivity contribution >= 4 is 23.2 Å². The quantitative estimate of drug-likeness (QED) is 0.327. The maximum absolute atomic E-state index is 13.7. The average Bonchev–Trinajstić information content (AvgIpc) is 2.87. The molecule has 0 saturated heterocycles. The molecular weight excluding hydrogens is 524 g/mol. The molecule has 9 heteroatoms. The number of rotatable bonds is 7. The van der Waals surface area contributed by atoms with Crippen LogP contribution in [0.5, 0.6) is 5.75 Å². The van der Waals surface area contributed by atoms with Gasteiger partial charge in [0.25, 0.3) is 5.69 Å². The number of non-ortho nitro benzene ring substituents is 1. The van der Waals surface area contributed by atoms with Crippen molar-refractivity contribution < 1.29 is 29.2 Å². The number of nitrogens with zero attached hydrogens (tertiary/aromatic N) is 2. The Hall–Kier alpha value is -4.27. The molecule has 0 atom stereocenters. The van der Waals surface area contributed by atoms with Crippen LogP contribution < -0.4 is 4.74 Å². The second kappa shape index (κ2) is 10.3. The maximum Gasteiger partial charge on any atom is 0.323 e. The molecule has 9 nitrogen and oxygen atoms in total. The van der Waals surface area contributed by atoms with Crippen LogP contribution in [0.2, 0.25) is 0 Å². The van der Waals surface area contributed by atoms with Gasteiger partial charge in [-0.25, -0.2) is 0 Å². The van der Waals surface area contributed by atoms with Crippen LogP contribution in [-0.4, -0.2) is 39.0 Å². The first-order valence-electron chi connectivity index (χ1n) is 13.7. The van der Waals surface area contributed by atoms with Gasteiger partial charge in [0.15, 0.2) is 11.6 Å². The zero-order chi connectivity index (χ0) is 29.7. The maximum atomic E-state index is 13.7. The molecule has 0 aromatic heterocycles. The number of aliphatic carboxylic acids is 1. The summed E-state index contributed by atoms with van der Waals surface area (Å²) in [6, 6.07) is 13.5. The standard InChI is InChI=1S/C32H34N2O7/c1-31(2)13-23-29(25(35)15-31)28(30-24(33(23)17-27(37)38)14-32(3,4)16-26(30)36)20-7-11-22(12-8-20)41-18-19-5-9-21(10-6-19)34(39)40/h5-12,28H,13-18H2,1-4H3,(H,37,38). The van der Waals surface area contributed by atoms with E-state index in [1.54, 1.807) is 29.2 Å². The molecule has 2 aromatic carbocycles. The van der Waals surface area contributed by atoms with Gasteiger partial charge in [0.2, 0.25) is 0 Å². The minimum atomic E-state index is -1.01. The van der Waals surface area contributed by atoms with E-state index in [9.17, 15) is 29.6 Å². The lowest BCUT2D eigenvalue weighted by Crippen LogP contribution is -2.45. The van der Waals surface area contributed by atoms with Gasteiger partial charge in [-0.05, 0) is 59.1 Å². The van der Waals surface area contributed by atoms with Crippen molar-refractivity contribution in [2.75, 3.05) is 6.54 Å². The lowest BCUT2D eigenvalue weighted by atomic mass is 9.63. The van der Waals surface area contributed by atoms with Crippen LogP contribution in [0.1, 0.15) is 70.4 Å². The first kappa shape index (κ1) is 28.3. The number of nitro benzene ring substituents is 1. The molecule has 41 heavy (non-hydrogen) atoms. The predicted molar refractivity (Wildman–Crippen MR) is 151 cm³/mol. The molecule has 0 bridgehead atoms. The Labute approximate surface area is 238 Å². The first-order chi connectivity index (χ1) is 19.2. The number of allylic oxidation sites excluding steroid dienone is 4. The summed E-state index contributed by atoms with van der Waals surface area (Å²) >= 11 is 0. The van der Waals surface area contributed by atoms with Gasteiger partial charge < -0.3 is 14.7 Å². The van der Waals surface area contributed by atoms with E-state index in [1.165, 1.54) is 12.1 Å². The van der Waals surface area contributed by atoms with Crippen LogP contribution in [0.15, 0.2) is 71.1 Å². The van der Waals surface area contributed by atoms with Crippen molar-refractivity contribution in [3.05, 3.63) is 92.3 Å². The number of hydrogen-bond acceptors (Lipinski definition) is 7. The molecule has 5 rings (SSSR count). The van der Waals surface area contributed by atoms with Crippen LogP contribution in [0.3, 0.4) is 0 Å². The highest BCUT2D eigenvalue weighted by molar-refractivity contribution is 6.07. The normalized spacial score (nSPS) is 20.0. The highest BCUT2D eigenvalue weighted by atomic mass is 16.6. The fourth-order valence-electron chi connectivity index (χ4n) is 6.34. The average molecular weight is 559 g/mol. The zero-order valence-corrected chi connectivity index (χ0v) is 23.7. The molecule has 1 N–H and O–H groups in total.